The number of benzene rings is 1. The zero-order valence-electron chi connectivity index (χ0n) is 15.4. The summed E-state index contributed by atoms with van der Waals surface area (Å²) in [5.41, 5.74) is 4.02. The van der Waals surface area contributed by atoms with Crippen LogP contribution in [-0.4, -0.2) is 45.9 Å². The number of piperidine rings is 1. The zero-order chi connectivity index (χ0) is 19.4. The van der Waals surface area contributed by atoms with Gasteiger partial charge in [0.2, 0.25) is 5.91 Å². The predicted octanol–water partition coefficient (Wildman–Crippen LogP) is 1.97. The number of amides is 1. The molecule has 0 bridgehead atoms. The monoisotopic (exact) mass is 399 g/mol. The number of aliphatic hydroxyl groups is 1. The van der Waals surface area contributed by atoms with Gasteiger partial charge in [0, 0.05) is 36.5 Å². The fourth-order valence-electron chi connectivity index (χ4n) is 4.72. The Balaban J connectivity index is 1.18. The molecule has 2 fully saturated rings. The Hall–Kier alpha value is -2.29. The average molecular weight is 399 g/mol. The maximum Gasteiger partial charge on any atom is 0.338 e. The molecule has 2 aliphatic heterocycles. The predicted molar refractivity (Wildman–Crippen MR) is 103 cm³/mol. The van der Waals surface area contributed by atoms with Gasteiger partial charge in [-0.05, 0) is 47.5 Å². The van der Waals surface area contributed by atoms with Crippen molar-refractivity contribution >= 4 is 29.1 Å². The molecule has 1 aromatic carbocycles. The number of esters is 1. The summed E-state index contributed by atoms with van der Waals surface area (Å²) in [6, 6.07) is 3.57. The topological polar surface area (TPSA) is 91.8 Å². The summed E-state index contributed by atoms with van der Waals surface area (Å²) in [5, 5.41) is 15.5. The summed E-state index contributed by atoms with van der Waals surface area (Å²) in [7, 11) is 0. The van der Waals surface area contributed by atoms with E-state index in [1.165, 1.54) is 11.5 Å². The zero-order valence-corrected chi connectivity index (χ0v) is 16.2. The van der Waals surface area contributed by atoms with Gasteiger partial charge in [-0.15, -0.1) is 0 Å². The van der Waals surface area contributed by atoms with Crippen LogP contribution >= 0.6 is 11.5 Å². The first-order valence-electron chi connectivity index (χ1n) is 9.43. The smallest absolute Gasteiger partial charge is 0.338 e. The number of aliphatic hydroxyl groups excluding tert-OH is 1. The van der Waals surface area contributed by atoms with Gasteiger partial charge in [-0.2, -0.15) is 4.37 Å². The fourth-order valence-corrected chi connectivity index (χ4v) is 5.18. The van der Waals surface area contributed by atoms with Gasteiger partial charge in [-0.1, -0.05) is 6.07 Å². The second-order valence-electron chi connectivity index (χ2n) is 7.87. The van der Waals surface area contributed by atoms with E-state index >= 15 is 0 Å². The van der Waals surface area contributed by atoms with Crippen molar-refractivity contribution in [3.63, 3.8) is 0 Å². The quantitative estimate of drug-likeness (QED) is 0.747. The van der Waals surface area contributed by atoms with Crippen LogP contribution in [0.3, 0.4) is 0 Å². The lowest BCUT2D eigenvalue weighted by molar-refractivity contribution is -0.118. The number of nitrogens with zero attached hydrogens (tertiary/aromatic N) is 2. The first kappa shape index (κ1) is 17.8. The van der Waals surface area contributed by atoms with E-state index in [9.17, 15) is 14.7 Å². The molecule has 1 saturated heterocycles. The van der Waals surface area contributed by atoms with Crippen molar-refractivity contribution in [2.45, 2.75) is 19.6 Å². The number of cyclic esters (lactones) is 1. The molecule has 0 spiro atoms. The van der Waals surface area contributed by atoms with E-state index in [1.54, 1.807) is 12.3 Å². The number of anilines is 1. The Morgan fingerprint density at radius 2 is 2.21 bits per heavy atom. The molecule has 3 aliphatic rings. The lowest BCUT2D eigenvalue weighted by atomic mass is 9.95. The van der Waals surface area contributed by atoms with Crippen LogP contribution in [0.5, 0.6) is 0 Å². The fraction of sp³-hybridized carbons (Fsp3) is 0.450. The molecule has 2 N–H and O–H groups in total. The molecule has 3 heterocycles. The van der Waals surface area contributed by atoms with Crippen LogP contribution < -0.4 is 5.32 Å². The number of ether oxygens (including phenoxy) is 1. The van der Waals surface area contributed by atoms with Crippen molar-refractivity contribution in [2.24, 2.45) is 17.8 Å². The van der Waals surface area contributed by atoms with Crippen LogP contribution in [0.25, 0.3) is 0 Å². The molecule has 28 heavy (non-hydrogen) atoms. The number of likely N-dealkylation sites (tertiary alicyclic amines) is 1. The molecular weight excluding hydrogens is 378 g/mol. The van der Waals surface area contributed by atoms with Crippen molar-refractivity contribution in [1.82, 2.24) is 9.27 Å². The van der Waals surface area contributed by atoms with Crippen molar-refractivity contribution in [3.8, 4) is 0 Å². The third kappa shape index (κ3) is 2.92. The molecule has 8 heteroatoms. The lowest BCUT2D eigenvalue weighted by Crippen LogP contribution is -2.31. The standard InChI is InChI=1S/C20H21N3O4S/c1-10-12(2-3-13-16(10)8-27-20(13)26)17(24)7-23-5-14-15(6-23)18(14)19(25)22-11-4-21-28-9-11/h2-4,9,14-15,17-18,24H,5-8H2,1H3,(H,22,25)/t14?,15?,17-,18?/m0/s1. The highest BCUT2D eigenvalue weighted by atomic mass is 32.1. The molecule has 1 saturated carbocycles. The molecule has 2 aromatic rings. The van der Waals surface area contributed by atoms with Crippen LogP contribution in [0.15, 0.2) is 23.7 Å². The van der Waals surface area contributed by atoms with Gasteiger partial charge in [0.05, 0.1) is 23.6 Å². The Bertz CT molecular complexity index is 933. The minimum absolute atomic E-state index is 0.0678. The van der Waals surface area contributed by atoms with Gasteiger partial charge in [-0.25, -0.2) is 4.79 Å². The number of rotatable bonds is 5. The highest BCUT2D eigenvalue weighted by Gasteiger charge is 2.59. The van der Waals surface area contributed by atoms with Gasteiger partial charge >= 0.3 is 5.97 Å². The van der Waals surface area contributed by atoms with Crippen molar-refractivity contribution < 1.29 is 19.4 Å². The molecule has 1 aromatic heterocycles. The van der Waals surface area contributed by atoms with E-state index in [1.807, 2.05) is 18.4 Å². The van der Waals surface area contributed by atoms with Crippen molar-refractivity contribution in [2.75, 3.05) is 25.0 Å². The number of carbonyl (C=O) groups is 2. The molecule has 2 unspecified atom stereocenters. The molecule has 7 nitrogen and oxygen atoms in total. The van der Waals surface area contributed by atoms with Gasteiger partial charge in [-0.3, -0.25) is 9.69 Å². The highest BCUT2D eigenvalue weighted by Crippen LogP contribution is 2.52. The number of aromatic nitrogens is 1. The minimum atomic E-state index is -0.623. The Kier molecular flexibility index (Phi) is 4.22. The Labute approximate surface area is 166 Å². The van der Waals surface area contributed by atoms with Gasteiger partial charge in [0.1, 0.15) is 6.61 Å². The first-order valence-corrected chi connectivity index (χ1v) is 10.3. The minimum Gasteiger partial charge on any atom is -0.457 e. The summed E-state index contributed by atoms with van der Waals surface area (Å²) in [5.74, 6) is 0.589. The normalized spacial score (nSPS) is 26.5. The van der Waals surface area contributed by atoms with Gasteiger partial charge in [0.25, 0.3) is 0 Å². The third-order valence-electron chi connectivity index (χ3n) is 6.27. The maximum absolute atomic E-state index is 12.4. The van der Waals surface area contributed by atoms with Gasteiger partial charge < -0.3 is 15.2 Å². The van der Waals surface area contributed by atoms with Crippen LogP contribution in [-0.2, 0) is 16.1 Å². The first-order chi connectivity index (χ1) is 13.5. The van der Waals surface area contributed by atoms with Gasteiger partial charge in [0.15, 0.2) is 0 Å². The SMILES string of the molecule is Cc1c([C@@H](O)CN2CC3C(C2)C3C(=O)Nc2cnsc2)ccc2c1COC2=O. The van der Waals surface area contributed by atoms with Crippen molar-refractivity contribution in [3.05, 3.63) is 46.0 Å². The van der Waals surface area contributed by atoms with Crippen LogP contribution in [0, 0.1) is 24.7 Å². The lowest BCUT2D eigenvalue weighted by Gasteiger charge is -2.24. The molecule has 5 rings (SSSR count). The largest absolute Gasteiger partial charge is 0.457 e. The van der Waals surface area contributed by atoms with Crippen molar-refractivity contribution in [1.29, 1.82) is 0 Å². The molecule has 146 valence electrons. The molecule has 3 atom stereocenters. The van der Waals surface area contributed by atoms with E-state index in [0.29, 0.717) is 23.9 Å². The summed E-state index contributed by atoms with van der Waals surface area (Å²) < 4.78 is 9.09. The number of hydrogen-bond acceptors (Lipinski definition) is 7. The van der Waals surface area contributed by atoms with E-state index in [4.69, 9.17) is 4.74 Å². The van der Waals surface area contributed by atoms with Crippen LogP contribution in [0.4, 0.5) is 5.69 Å². The van der Waals surface area contributed by atoms with E-state index in [-0.39, 0.29) is 24.4 Å². The van der Waals surface area contributed by atoms with Crippen LogP contribution in [0.2, 0.25) is 0 Å². The average Bonchev–Trinajstić information content (AvgIpc) is 3.11. The molecule has 1 amide bonds. The summed E-state index contributed by atoms with van der Waals surface area (Å²) >= 11 is 1.32. The Morgan fingerprint density at radius 3 is 2.93 bits per heavy atom. The number of fused-ring (bicyclic) bond motifs is 2. The van der Waals surface area contributed by atoms with E-state index < -0.39 is 6.10 Å². The number of carbonyl (C=O) groups excluding carboxylic acids is 2. The molecule has 1 aliphatic carbocycles. The summed E-state index contributed by atoms with van der Waals surface area (Å²) in [6.07, 6.45) is 1.05. The second kappa shape index (κ2) is 6.65. The number of hydrogen-bond donors (Lipinski definition) is 2. The summed E-state index contributed by atoms with van der Waals surface area (Å²) in [4.78, 5) is 26.3. The van der Waals surface area contributed by atoms with E-state index in [0.717, 1.165) is 35.5 Å². The Morgan fingerprint density at radius 1 is 1.43 bits per heavy atom. The third-order valence-corrected chi connectivity index (χ3v) is 6.86. The van der Waals surface area contributed by atoms with Crippen LogP contribution in [0.1, 0.15) is 33.2 Å². The highest BCUT2D eigenvalue weighted by molar-refractivity contribution is 7.04. The maximum atomic E-state index is 12.4. The summed E-state index contributed by atoms with van der Waals surface area (Å²) in [6.45, 7) is 4.40. The number of nitrogens with one attached hydrogen (secondary N) is 1. The molecule has 0 radical (unpaired) electrons. The second-order valence-corrected chi connectivity index (χ2v) is 8.53. The molecular formula is C20H21N3O4S. The van der Waals surface area contributed by atoms with E-state index in [2.05, 4.69) is 14.6 Å². The number of β-amino-alcohol motifs (C(OH)–C–C–N with tert-alkyl or cyclic N) is 1.